The van der Waals surface area contributed by atoms with E-state index in [4.69, 9.17) is 9.47 Å². The van der Waals surface area contributed by atoms with Crippen LogP contribution in [0.3, 0.4) is 0 Å². The molecule has 0 fully saturated rings. The molecule has 17 heavy (non-hydrogen) atoms. The standard InChI is InChI=1S/C14H16O3/c1-4-16-9-10-17-12(3)14-7-5-13(6-8-14)11(2)15/h4-8H,1,3,9-10H2,2H3. The number of ketones is 1. The molecule has 0 saturated carbocycles. The predicted molar refractivity (Wildman–Crippen MR) is 67.6 cm³/mol. The smallest absolute Gasteiger partial charge is 0.159 e. The van der Waals surface area contributed by atoms with E-state index in [1.807, 2.05) is 12.1 Å². The SMILES string of the molecule is C=COCCOC(=C)c1ccc(C(C)=O)cc1. The van der Waals surface area contributed by atoms with Gasteiger partial charge in [0.1, 0.15) is 19.0 Å². The largest absolute Gasteiger partial charge is 0.498 e. The van der Waals surface area contributed by atoms with Gasteiger partial charge in [-0.3, -0.25) is 4.79 Å². The Hall–Kier alpha value is -2.03. The summed E-state index contributed by atoms with van der Waals surface area (Å²) < 4.78 is 10.3. The zero-order valence-corrected chi connectivity index (χ0v) is 9.94. The van der Waals surface area contributed by atoms with E-state index in [1.165, 1.54) is 13.2 Å². The van der Waals surface area contributed by atoms with E-state index in [0.717, 1.165) is 5.56 Å². The van der Waals surface area contributed by atoms with E-state index in [-0.39, 0.29) is 5.78 Å². The van der Waals surface area contributed by atoms with Gasteiger partial charge < -0.3 is 9.47 Å². The number of hydrogen-bond donors (Lipinski definition) is 0. The Labute approximate surface area is 101 Å². The highest BCUT2D eigenvalue weighted by molar-refractivity contribution is 5.94. The molecular formula is C14H16O3. The van der Waals surface area contributed by atoms with Gasteiger partial charge in [0.25, 0.3) is 0 Å². The molecule has 0 bridgehead atoms. The fraction of sp³-hybridized carbons (Fsp3) is 0.214. The van der Waals surface area contributed by atoms with Crippen LogP contribution in [-0.2, 0) is 9.47 Å². The molecule has 1 rings (SSSR count). The van der Waals surface area contributed by atoms with Crippen LogP contribution in [0.25, 0.3) is 5.76 Å². The molecule has 0 spiro atoms. The number of benzene rings is 1. The first-order valence-corrected chi connectivity index (χ1v) is 5.30. The average Bonchev–Trinajstić information content (AvgIpc) is 2.34. The van der Waals surface area contributed by atoms with Gasteiger partial charge in [-0.15, -0.1) is 0 Å². The second kappa shape index (κ2) is 6.53. The molecule has 0 unspecified atom stereocenters. The number of hydrogen-bond acceptors (Lipinski definition) is 3. The second-order valence-corrected chi connectivity index (χ2v) is 3.44. The number of Topliss-reactive ketones (excluding diaryl/α,β-unsaturated/α-hetero) is 1. The van der Waals surface area contributed by atoms with Gasteiger partial charge >= 0.3 is 0 Å². The van der Waals surface area contributed by atoms with Crippen LogP contribution in [0.5, 0.6) is 0 Å². The van der Waals surface area contributed by atoms with Crippen molar-refractivity contribution in [2.45, 2.75) is 6.92 Å². The van der Waals surface area contributed by atoms with E-state index in [2.05, 4.69) is 13.2 Å². The molecule has 0 atom stereocenters. The van der Waals surface area contributed by atoms with Crippen LogP contribution in [-0.4, -0.2) is 19.0 Å². The second-order valence-electron chi connectivity index (χ2n) is 3.44. The molecule has 0 radical (unpaired) electrons. The minimum Gasteiger partial charge on any atom is -0.498 e. The van der Waals surface area contributed by atoms with Crippen LogP contribution in [0.4, 0.5) is 0 Å². The van der Waals surface area contributed by atoms with E-state index in [0.29, 0.717) is 24.5 Å². The molecule has 0 amide bonds. The highest BCUT2D eigenvalue weighted by atomic mass is 16.5. The van der Waals surface area contributed by atoms with Crippen molar-refractivity contribution in [2.24, 2.45) is 0 Å². The number of rotatable bonds is 7. The van der Waals surface area contributed by atoms with Gasteiger partial charge in [0.2, 0.25) is 0 Å². The number of carbonyl (C=O) groups excluding carboxylic acids is 1. The molecule has 1 aromatic rings. The lowest BCUT2D eigenvalue weighted by molar-refractivity contribution is 0.101. The van der Waals surface area contributed by atoms with Gasteiger partial charge in [0, 0.05) is 11.1 Å². The summed E-state index contributed by atoms with van der Waals surface area (Å²) in [5.74, 6) is 0.607. The van der Waals surface area contributed by atoms with Crippen molar-refractivity contribution >= 4 is 11.5 Å². The van der Waals surface area contributed by atoms with E-state index in [9.17, 15) is 4.79 Å². The third-order valence-electron chi connectivity index (χ3n) is 2.21. The molecule has 90 valence electrons. The van der Waals surface area contributed by atoms with E-state index < -0.39 is 0 Å². The maximum Gasteiger partial charge on any atom is 0.159 e. The van der Waals surface area contributed by atoms with Crippen molar-refractivity contribution < 1.29 is 14.3 Å². The molecular weight excluding hydrogens is 216 g/mol. The third kappa shape index (κ3) is 4.15. The van der Waals surface area contributed by atoms with Gasteiger partial charge in [-0.1, -0.05) is 37.4 Å². The molecule has 1 aromatic carbocycles. The zero-order valence-electron chi connectivity index (χ0n) is 9.94. The topological polar surface area (TPSA) is 35.5 Å². The van der Waals surface area contributed by atoms with Crippen molar-refractivity contribution in [2.75, 3.05) is 13.2 Å². The van der Waals surface area contributed by atoms with E-state index in [1.54, 1.807) is 12.1 Å². The molecule has 0 aromatic heterocycles. The first kappa shape index (κ1) is 13.0. The van der Waals surface area contributed by atoms with E-state index >= 15 is 0 Å². The third-order valence-corrected chi connectivity index (χ3v) is 2.21. The lowest BCUT2D eigenvalue weighted by Crippen LogP contribution is -2.00. The first-order chi connectivity index (χ1) is 8.15. The summed E-state index contributed by atoms with van der Waals surface area (Å²) in [6, 6.07) is 7.14. The minimum absolute atomic E-state index is 0.0439. The molecule has 3 heteroatoms. The Bertz CT molecular complexity index is 404. The Morgan fingerprint density at radius 1 is 1.24 bits per heavy atom. The normalized spacial score (nSPS) is 9.47. The van der Waals surface area contributed by atoms with Crippen molar-refractivity contribution in [1.82, 2.24) is 0 Å². The molecule has 0 aliphatic heterocycles. The van der Waals surface area contributed by atoms with Crippen LogP contribution < -0.4 is 0 Å². The average molecular weight is 232 g/mol. The highest BCUT2D eigenvalue weighted by Gasteiger charge is 2.02. The van der Waals surface area contributed by atoms with Crippen molar-refractivity contribution in [3.63, 3.8) is 0 Å². The maximum absolute atomic E-state index is 11.1. The minimum atomic E-state index is 0.0439. The fourth-order valence-electron chi connectivity index (χ4n) is 1.27. The highest BCUT2D eigenvalue weighted by Crippen LogP contribution is 2.14. The van der Waals surface area contributed by atoms with Gasteiger partial charge in [-0.2, -0.15) is 0 Å². The van der Waals surface area contributed by atoms with Crippen molar-refractivity contribution in [3.8, 4) is 0 Å². The van der Waals surface area contributed by atoms with Gasteiger partial charge in [0.05, 0.1) is 6.26 Å². The summed E-state index contributed by atoms with van der Waals surface area (Å²) in [5.41, 5.74) is 1.53. The molecule has 0 heterocycles. The van der Waals surface area contributed by atoms with Crippen LogP contribution in [0.1, 0.15) is 22.8 Å². The molecule has 3 nitrogen and oxygen atoms in total. The lowest BCUT2D eigenvalue weighted by Gasteiger charge is -2.09. The summed E-state index contributed by atoms with van der Waals surface area (Å²) >= 11 is 0. The Kier molecular flexibility index (Phi) is 5.01. The molecule has 0 N–H and O–H groups in total. The molecule has 0 aliphatic rings. The van der Waals surface area contributed by atoms with Crippen LogP contribution in [0, 0.1) is 0 Å². The zero-order chi connectivity index (χ0) is 12.7. The summed E-state index contributed by atoms with van der Waals surface area (Å²) in [5, 5.41) is 0. The number of ether oxygens (including phenoxy) is 2. The van der Waals surface area contributed by atoms with Crippen LogP contribution in [0.15, 0.2) is 43.7 Å². The Morgan fingerprint density at radius 3 is 2.35 bits per heavy atom. The van der Waals surface area contributed by atoms with Crippen molar-refractivity contribution in [1.29, 1.82) is 0 Å². The van der Waals surface area contributed by atoms with Crippen molar-refractivity contribution in [3.05, 3.63) is 54.8 Å². The first-order valence-electron chi connectivity index (χ1n) is 5.30. The quantitative estimate of drug-likeness (QED) is 0.412. The summed E-state index contributed by atoms with van der Waals surface area (Å²) in [6.45, 7) is 9.63. The van der Waals surface area contributed by atoms with Crippen LogP contribution in [0.2, 0.25) is 0 Å². The van der Waals surface area contributed by atoms with Crippen LogP contribution >= 0.6 is 0 Å². The summed E-state index contributed by atoms with van der Waals surface area (Å²) in [4.78, 5) is 11.1. The van der Waals surface area contributed by atoms with Gasteiger partial charge in [0.15, 0.2) is 5.78 Å². The monoisotopic (exact) mass is 232 g/mol. The Morgan fingerprint density at radius 2 is 1.82 bits per heavy atom. The molecule has 0 saturated heterocycles. The van der Waals surface area contributed by atoms with Gasteiger partial charge in [-0.05, 0) is 6.92 Å². The summed E-state index contributed by atoms with van der Waals surface area (Å²) in [6.07, 6.45) is 1.37. The Balaban J connectivity index is 2.51. The fourth-order valence-corrected chi connectivity index (χ4v) is 1.27. The maximum atomic E-state index is 11.1. The number of carbonyl (C=O) groups is 1. The lowest BCUT2D eigenvalue weighted by atomic mass is 10.1. The van der Waals surface area contributed by atoms with Gasteiger partial charge in [-0.25, -0.2) is 0 Å². The summed E-state index contributed by atoms with van der Waals surface area (Å²) in [7, 11) is 0. The predicted octanol–water partition coefficient (Wildman–Crippen LogP) is 3.04. The molecule has 0 aliphatic carbocycles.